The number of fused-ring (bicyclic) bond motifs is 4. The molecule has 3 aromatic heterocycles. The van der Waals surface area contributed by atoms with Crippen LogP contribution in [0.3, 0.4) is 0 Å². The van der Waals surface area contributed by atoms with Gasteiger partial charge in [-0.15, -0.1) is 21.5 Å². The first-order valence-electron chi connectivity index (χ1n) is 9.16. The van der Waals surface area contributed by atoms with E-state index >= 15 is 0 Å². The van der Waals surface area contributed by atoms with Gasteiger partial charge in [0.1, 0.15) is 11.2 Å². The Kier molecular flexibility index (Phi) is 4.55. The Labute approximate surface area is 177 Å². The SMILES string of the molecule is Cn1c(=O)c2sccc2n2c(COC(=O)CNC(=O)c3ccc4c(c3)OCO4)nnc12. The van der Waals surface area contributed by atoms with Gasteiger partial charge >= 0.3 is 5.97 Å². The zero-order valence-corrected chi connectivity index (χ0v) is 17.0. The van der Waals surface area contributed by atoms with Crippen LogP contribution in [0.4, 0.5) is 0 Å². The van der Waals surface area contributed by atoms with Crippen LogP contribution in [0.5, 0.6) is 11.5 Å². The molecule has 4 heterocycles. The number of esters is 1. The van der Waals surface area contributed by atoms with Gasteiger partial charge in [-0.1, -0.05) is 0 Å². The normalized spacial score (nSPS) is 12.4. The number of hydrogen-bond donors (Lipinski definition) is 1. The number of thiophene rings is 1. The molecule has 0 spiro atoms. The molecular weight excluding hydrogens is 426 g/mol. The van der Waals surface area contributed by atoms with Crippen molar-refractivity contribution < 1.29 is 23.8 Å². The molecule has 0 bridgehead atoms. The minimum Gasteiger partial charge on any atom is -0.456 e. The third-order valence-corrected chi connectivity index (χ3v) is 5.68. The van der Waals surface area contributed by atoms with Crippen LogP contribution in [-0.4, -0.2) is 44.4 Å². The van der Waals surface area contributed by atoms with Crippen LogP contribution >= 0.6 is 11.3 Å². The maximum Gasteiger partial charge on any atom is 0.325 e. The largest absolute Gasteiger partial charge is 0.456 e. The molecule has 31 heavy (non-hydrogen) atoms. The van der Waals surface area contributed by atoms with Crippen LogP contribution in [0, 0.1) is 0 Å². The Morgan fingerprint density at radius 1 is 1.23 bits per heavy atom. The lowest BCUT2D eigenvalue weighted by Gasteiger charge is -2.07. The number of carbonyl (C=O) groups excluding carboxylic acids is 2. The molecule has 12 heteroatoms. The van der Waals surface area contributed by atoms with E-state index in [2.05, 4.69) is 15.5 Å². The minimum atomic E-state index is -0.641. The summed E-state index contributed by atoms with van der Waals surface area (Å²) in [6, 6.07) is 6.54. The summed E-state index contributed by atoms with van der Waals surface area (Å²) in [7, 11) is 1.60. The molecule has 1 aliphatic rings. The molecule has 0 saturated carbocycles. The van der Waals surface area contributed by atoms with Crippen LogP contribution in [0.1, 0.15) is 16.2 Å². The van der Waals surface area contributed by atoms with Crippen molar-refractivity contribution in [1.29, 1.82) is 0 Å². The zero-order valence-electron chi connectivity index (χ0n) is 16.2. The van der Waals surface area contributed by atoms with E-state index in [0.29, 0.717) is 38.9 Å². The van der Waals surface area contributed by atoms with Crippen LogP contribution in [-0.2, 0) is 23.2 Å². The molecule has 0 fully saturated rings. The van der Waals surface area contributed by atoms with Gasteiger partial charge in [0, 0.05) is 12.6 Å². The van der Waals surface area contributed by atoms with E-state index in [4.69, 9.17) is 14.2 Å². The fourth-order valence-electron chi connectivity index (χ4n) is 3.23. The number of ether oxygens (including phenoxy) is 3. The summed E-state index contributed by atoms with van der Waals surface area (Å²) in [4.78, 5) is 36.8. The molecular formula is C19H15N5O6S. The van der Waals surface area contributed by atoms with Gasteiger partial charge in [-0.25, -0.2) is 0 Å². The Morgan fingerprint density at radius 3 is 2.94 bits per heavy atom. The second kappa shape index (κ2) is 7.40. The number of nitrogens with zero attached hydrogens (tertiary/aromatic N) is 4. The van der Waals surface area contributed by atoms with Crippen LogP contribution in [0.25, 0.3) is 16.0 Å². The molecule has 0 saturated heterocycles. The Hall–Kier alpha value is -3.93. The molecule has 11 nitrogen and oxygen atoms in total. The van der Waals surface area contributed by atoms with Gasteiger partial charge in [-0.3, -0.25) is 23.4 Å². The van der Waals surface area contributed by atoms with Gasteiger partial charge in [-0.05, 0) is 29.6 Å². The summed E-state index contributed by atoms with van der Waals surface area (Å²) in [6.07, 6.45) is 0. The highest BCUT2D eigenvalue weighted by Crippen LogP contribution is 2.32. The van der Waals surface area contributed by atoms with E-state index in [1.807, 2.05) is 0 Å². The van der Waals surface area contributed by atoms with Gasteiger partial charge in [0.15, 0.2) is 23.9 Å². The second-order valence-electron chi connectivity index (χ2n) is 6.66. The van der Waals surface area contributed by atoms with Crippen molar-refractivity contribution in [2.24, 2.45) is 7.05 Å². The lowest BCUT2D eigenvalue weighted by molar-refractivity contribution is -0.143. The molecule has 0 atom stereocenters. The standard InChI is InChI=1S/C19H15N5O6S/c1-23-18(27)16-11(4-5-31-16)24-14(21-22-19(23)24)8-28-15(25)7-20-17(26)10-2-3-12-13(6-10)30-9-29-12/h2-6H,7-9H2,1H3,(H,20,26). The summed E-state index contributed by atoms with van der Waals surface area (Å²) < 4.78 is 19.3. The van der Waals surface area contributed by atoms with Crippen molar-refractivity contribution >= 4 is 39.2 Å². The van der Waals surface area contributed by atoms with Gasteiger partial charge in [0.25, 0.3) is 11.5 Å². The van der Waals surface area contributed by atoms with Crippen molar-refractivity contribution in [3.05, 3.63) is 51.4 Å². The van der Waals surface area contributed by atoms with Crippen molar-refractivity contribution in [2.75, 3.05) is 13.3 Å². The Balaban J connectivity index is 1.25. The molecule has 0 unspecified atom stereocenters. The number of nitrogens with one attached hydrogen (secondary N) is 1. The van der Waals surface area contributed by atoms with Crippen molar-refractivity contribution in [1.82, 2.24) is 24.5 Å². The third-order valence-electron chi connectivity index (χ3n) is 4.79. The van der Waals surface area contributed by atoms with Crippen LogP contribution < -0.4 is 20.3 Å². The van der Waals surface area contributed by atoms with E-state index in [1.165, 1.54) is 15.9 Å². The number of hydrogen-bond acceptors (Lipinski definition) is 9. The summed E-state index contributed by atoms with van der Waals surface area (Å²) in [5.74, 6) is 0.662. The number of benzene rings is 1. The van der Waals surface area contributed by atoms with Crippen LogP contribution in [0.2, 0.25) is 0 Å². The summed E-state index contributed by atoms with van der Waals surface area (Å²) >= 11 is 1.31. The molecule has 158 valence electrons. The molecule has 1 amide bonds. The quantitative estimate of drug-likeness (QED) is 0.452. The van der Waals surface area contributed by atoms with E-state index < -0.39 is 11.9 Å². The average Bonchev–Trinajstić information content (AvgIpc) is 3.52. The van der Waals surface area contributed by atoms with Crippen molar-refractivity contribution in [3.63, 3.8) is 0 Å². The van der Waals surface area contributed by atoms with E-state index in [0.717, 1.165) is 0 Å². The Morgan fingerprint density at radius 2 is 2.06 bits per heavy atom. The fraction of sp³-hybridized carbons (Fsp3) is 0.211. The zero-order chi connectivity index (χ0) is 21.5. The van der Waals surface area contributed by atoms with E-state index in [1.54, 1.807) is 41.1 Å². The molecule has 1 aromatic carbocycles. The summed E-state index contributed by atoms with van der Waals surface area (Å²) in [5.41, 5.74) is 0.816. The minimum absolute atomic E-state index is 0.107. The van der Waals surface area contributed by atoms with Crippen LogP contribution in [0.15, 0.2) is 34.4 Å². The molecule has 0 radical (unpaired) electrons. The molecule has 5 rings (SSSR count). The predicted molar refractivity (Wildman–Crippen MR) is 108 cm³/mol. The number of amides is 1. The molecule has 4 aromatic rings. The lowest BCUT2D eigenvalue weighted by Crippen LogP contribution is -2.30. The number of aryl methyl sites for hydroxylation is 1. The second-order valence-corrected chi connectivity index (χ2v) is 7.58. The smallest absolute Gasteiger partial charge is 0.325 e. The number of carbonyl (C=O) groups is 2. The molecule has 0 aliphatic carbocycles. The summed E-state index contributed by atoms with van der Waals surface area (Å²) in [6.45, 7) is -0.380. The first-order chi connectivity index (χ1) is 15.0. The monoisotopic (exact) mass is 441 g/mol. The van der Waals surface area contributed by atoms with Gasteiger partial charge in [0.05, 0.1) is 5.52 Å². The fourth-order valence-corrected chi connectivity index (χ4v) is 4.09. The third kappa shape index (κ3) is 3.26. The average molecular weight is 441 g/mol. The lowest BCUT2D eigenvalue weighted by atomic mass is 10.2. The predicted octanol–water partition coefficient (Wildman–Crippen LogP) is 0.845. The number of rotatable bonds is 5. The van der Waals surface area contributed by atoms with Gasteiger partial charge in [-0.2, -0.15) is 0 Å². The van der Waals surface area contributed by atoms with Crippen molar-refractivity contribution in [2.45, 2.75) is 6.61 Å². The maximum atomic E-state index is 12.4. The highest BCUT2D eigenvalue weighted by Gasteiger charge is 2.18. The molecule has 1 aliphatic heterocycles. The van der Waals surface area contributed by atoms with Gasteiger partial charge < -0.3 is 19.5 Å². The van der Waals surface area contributed by atoms with E-state index in [-0.39, 0.29) is 25.5 Å². The molecule has 1 N–H and O–H groups in total. The highest BCUT2D eigenvalue weighted by molar-refractivity contribution is 7.17. The first kappa shape index (κ1) is 19.1. The summed E-state index contributed by atoms with van der Waals surface area (Å²) in [5, 5.41) is 12.4. The highest BCUT2D eigenvalue weighted by atomic mass is 32.1. The first-order valence-corrected chi connectivity index (χ1v) is 10.0. The van der Waals surface area contributed by atoms with Gasteiger partial charge in [0.2, 0.25) is 12.6 Å². The maximum absolute atomic E-state index is 12.4. The Bertz CT molecular complexity index is 1400. The van der Waals surface area contributed by atoms with E-state index in [9.17, 15) is 14.4 Å². The van der Waals surface area contributed by atoms with Crippen molar-refractivity contribution in [3.8, 4) is 11.5 Å². The topological polar surface area (TPSA) is 126 Å². The number of aromatic nitrogens is 4.